The molecular formula is C22H35N5O5S. The maximum Gasteiger partial charge on any atom is 0.307 e. The van der Waals surface area contributed by atoms with Crippen molar-refractivity contribution in [3.05, 3.63) is 24.1 Å². The number of rotatable bonds is 11. The summed E-state index contributed by atoms with van der Waals surface area (Å²) in [6, 6.07) is 0. The molecule has 1 saturated carbocycles. The molecule has 1 fully saturated rings. The van der Waals surface area contributed by atoms with Gasteiger partial charge >= 0.3 is 5.97 Å². The molecule has 0 saturated heterocycles. The number of hydrogen-bond donors (Lipinski definition) is 2. The highest BCUT2D eigenvalue weighted by molar-refractivity contribution is 7.89. The van der Waals surface area contributed by atoms with Crippen LogP contribution >= 0.6 is 0 Å². The highest BCUT2D eigenvalue weighted by atomic mass is 32.2. The molecule has 0 unspecified atom stereocenters. The summed E-state index contributed by atoms with van der Waals surface area (Å²) in [6.45, 7) is 5.37. The van der Waals surface area contributed by atoms with E-state index in [4.69, 9.17) is 9.26 Å². The average molecular weight is 482 g/mol. The average Bonchev–Trinajstić information content (AvgIpc) is 3.44. The zero-order valence-corrected chi connectivity index (χ0v) is 20.5. The van der Waals surface area contributed by atoms with E-state index in [1.807, 2.05) is 20.8 Å². The third kappa shape index (κ3) is 8.22. The van der Waals surface area contributed by atoms with Crippen molar-refractivity contribution < 1.29 is 22.5 Å². The molecule has 184 valence electrons. The monoisotopic (exact) mass is 481 g/mol. The maximum absolute atomic E-state index is 12.5. The van der Waals surface area contributed by atoms with Crippen LogP contribution in [-0.2, 0) is 26.1 Å². The molecule has 2 N–H and O–H groups in total. The zero-order chi connectivity index (χ0) is 23.9. The molecule has 2 aromatic rings. The molecule has 0 radical (unpaired) electrons. The number of nitrogens with zero attached hydrogens (tertiary/aromatic N) is 3. The number of nitrogens with one attached hydrogen (secondary N) is 2. The van der Waals surface area contributed by atoms with Gasteiger partial charge < -0.3 is 9.26 Å². The van der Waals surface area contributed by atoms with Crippen molar-refractivity contribution in [2.75, 3.05) is 0 Å². The lowest BCUT2D eigenvalue weighted by atomic mass is 9.84. The Hall–Kier alpha value is -2.27. The SMILES string of the molecule is CC(C)(C)OC(=O)C[C@@H](CCCC1CCCCC1)c1nc(CNS(=O)(=O)c2cn[nH]c2)no1. The summed E-state index contributed by atoms with van der Waals surface area (Å²) in [6.07, 6.45) is 11.9. The number of aromatic nitrogens is 4. The van der Waals surface area contributed by atoms with Gasteiger partial charge in [-0.3, -0.25) is 9.89 Å². The highest BCUT2D eigenvalue weighted by Crippen LogP contribution is 2.31. The largest absolute Gasteiger partial charge is 0.460 e. The summed E-state index contributed by atoms with van der Waals surface area (Å²) in [5.41, 5.74) is -0.574. The van der Waals surface area contributed by atoms with E-state index < -0.39 is 15.6 Å². The normalized spacial score (nSPS) is 16.6. The van der Waals surface area contributed by atoms with Crippen LogP contribution in [0.2, 0.25) is 0 Å². The summed E-state index contributed by atoms with van der Waals surface area (Å²) in [5, 5.41) is 10.0. The molecule has 0 bridgehead atoms. The van der Waals surface area contributed by atoms with Gasteiger partial charge in [0.1, 0.15) is 10.5 Å². The van der Waals surface area contributed by atoms with E-state index >= 15 is 0 Å². The van der Waals surface area contributed by atoms with Gasteiger partial charge in [0, 0.05) is 12.1 Å². The number of esters is 1. The Morgan fingerprint density at radius 1 is 1.30 bits per heavy atom. The Kier molecular flexibility index (Phi) is 8.63. The van der Waals surface area contributed by atoms with Crippen molar-refractivity contribution >= 4 is 16.0 Å². The zero-order valence-electron chi connectivity index (χ0n) is 19.7. The first-order valence-corrected chi connectivity index (χ1v) is 13.1. The molecule has 0 aliphatic heterocycles. The summed E-state index contributed by atoms with van der Waals surface area (Å²) >= 11 is 0. The third-order valence-corrected chi connectivity index (χ3v) is 7.13. The predicted octanol–water partition coefficient (Wildman–Crippen LogP) is 3.84. The van der Waals surface area contributed by atoms with E-state index in [9.17, 15) is 13.2 Å². The molecule has 0 aromatic carbocycles. The number of carbonyl (C=O) groups excluding carboxylic acids is 1. The molecule has 1 aliphatic carbocycles. The summed E-state index contributed by atoms with van der Waals surface area (Å²) < 4.78 is 37.9. The van der Waals surface area contributed by atoms with Crippen molar-refractivity contribution in [1.82, 2.24) is 25.1 Å². The van der Waals surface area contributed by atoms with Gasteiger partial charge in [0.15, 0.2) is 5.82 Å². The number of aromatic amines is 1. The van der Waals surface area contributed by atoms with Crippen LogP contribution in [0, 0.1) is 5.92 Å². The van der Waals surface area contributed by atoms with Gasteiger partial charge in [0.05, 0.1) is 19.2 Å². The van der Waals surface area contributed by atoms with Crippen LogP contribution in [0.15, 0.2) is 21.8 Å². The van der Waals surface area contributed by atoms with E-state index in [2.05, 4.69) is 25.1 Å². The molecule has 0 amide bonds. The topological polar surface area (TPSA) is 140 Å². The van der Waals surface area contributed by atoms with Crippen LogP contribution < -0.4 is 4.72 Å². The van der Waals surface area contributed by atoms with Gasteiger partial charge in [-0.05, 0) is 33.1 Å². The van der Waals surface area contributed by atoms with E-state index in [-0.39, 0.29) is 35.6 Å². The van der Waals surface area contributed by atoms with Crippen molar-refractivity contribution in [3.8, 4) is 0 Å². The standard InChI is InChI=1S/C22H35N5O5S/c1-22(2,3)31-20(28)12-17(11-7-10-16-8-5-4-6-9-16)21-26-19(27-32-21)15-25-33(29,30)18-13-23-24-14-18/h13-14,16-17,25H,4-12,15H2,1-3H3,(H,23,24)/t17-/m1/s1. The Morgan fingerprint density at radius 2 is 2.06 bits per heavy atom. The first kappa shape index (κ1) is 25.4. The van der Waals surface area contributed by atoms with Crippen LogP contribution in [0.5, 0.6) is 0 Å². The van der Waals surface area contributed by atoms with Crippen LogP contribution in [-0.4, -0.2) is 40.3 Å². The Bertz CT molecular complexity index is 975. The van der Waals surface area contributed by atoms with Crippen molar-refractivity contribution in [3.63, 3.8) is 0 Å². The third-order valence-electron chi connectivity index (χ3n) is 5.76. The molecule has 0 spiro atoms. The van der Waals surface area contributed by atoms with Crippen molar-refractivity contribution in [1.29, 1.82) is 0 Å². The van der Waals surface area contributed by atoms with Crippen LogP contribution in [0.3, 0.4) is 0 Å². The first-order valence-electron chi connectivity index (χ1n) is 11.6. The van der Waals surface area contributed by atoms with E-state index in [0.29, 0.717) is 5.89 Å². The fourth-order valence-electron chi connectivity index (χ4n) is 4.16. The smallest absolute Gasteiger partial charge is 0.307 e. The molecule has 10 nitrogen and oxygen atoms in total. The van der Waals surface area contributed by atoms with Gasteiger partial charge in [-0.1, -0.05) is 50.1 Å². The van der Waals surface area contributed by atoms with Gasteiger partial charge in [0.2, 0.25) is 15.9 Å². The van der Waals surface area contributed by atoms with Gasteiger partial charge in [-0.15, -0.1) is 0 Å². The van der Waals surface area contributed by atoms with Crippen molar-refractivity contribution in [2.24, 2.45) is 5.92 Å². The Balaban J connectivity index is 1.62. The summed E-state index contributed by atoms with van der Waals surface area (Å²) in [7, 11) is -3.73. The number of H-pyrrole nitrogens is 1. The fraction of sp³-hybridized carbons (Fsp3) is 0.727. The molecule has 1 aliphatic rings. The number of hydrogen-bond acceptors (Lipinski definition) is 8. The molecule has 1 atom stereocenters. The maximum atomic E-state index is 12.5. The second-order valence-corrected chi connectivity index (χ2v) is 11.5. The molecule has 2 aromatic heterocycles. The fourth-order valence-corrected chi connectivity index (χ4v) is 5.05. The second kappa shape index (κ2) is 11.2. The summed E-state index contributed by atoms with van der Waals surface area (Å²) in [5.74, 6) is 0.706. The number of carbonyl (C=O) groups is 1. The van der Waals surface area contributed by atoms with E-state index in [0.717, 1.165) is 25.2 Å². The minimum absolute atomic E-state index is 0.0248. The predicted molar refractivity (Wildman–Crippen MR) is 121 cm³/mol. The molecule has 3 rings (SSSR count). The highest BCUT2D eigenvalue weighted by Gasteiger charge is 2.27. The Morgan fingerprint density at radius 3 is 2.73 bits per heavy atom. The second-order valence-electron chi connectivity index (χ2n) is 9.73. The van der Waals surface area contributed by atoms with Crippen LogP contribution in [0.25, 0.3) is 0 Å². The van der Waals surface area contributed by atoms with Crippen molar-refractivity contribution in [2.45, 2.75) is 102 Å². The van der Waals surface area contributed by atoms with Crippen LogP contribution in [0.1, 0.15) is 96.2 Å². The summed E-state index contributed by atoms with van der Waals surface area (Å²) in [4.78, 5) is 16.9. The molecule has 33 heavy (non-hydrogen) atoms. The molecular weight excluding hydrogens is 446 g/mol. The minimum atomic E-state index is -3.73. The lowest BCUT2D eigenvalue weighted by Crippen LogP contribution is -2.25. The van der Waals surface area contributed by atoms with Gasteiger partial charge in [0.25, 0.3) is 0 Å². The lowest BCUT2D eigenvalue weighted by molar-refractivity contribution is -0.155. The minimum Gasteiger partial charge on any atom is -0.460 e. The van der Waals surface area contributed by atoms with E-state index in [1.54, 1.807) is 0 Å². The van der Waals surface area contributed by atoms with E-state index in [1.165, 1.54) is 44.5 Å². The molecule has 11 heteroatoms. The van der Waals surface area contributed by atoms with Gasteiger partial charge in [-0.25, -0.2) is 13.1 Å². The Labute approximate surface area is 195 Å². The van der Waals surface area contributed by atoms with Gasteiger partial charge in [-0.2, -0.15) is 10.1 Å². The quantitative estimate of drug-likeness (QED) is 0.461. The number of sulfonamides is 1. The number of ether oxygens (including phenoxy) is 1. The molecule has 2 heterocycles. The first-order chi connectivity index (χ1) is 15.6. The van der Waals surface area contributed by atoms with Crippen LogP contribution in [0.4, 0.5) is 0 Å². The lowest BCUT2D eigenvalue weighted by Gasteiger charge is -2.23.